The highest BCUT2D eigenvalue weighted by molar-refractivity contribution is 5.89. The predicted molar refractivity (Wildman–Crippen MR) is 74.2 cm³/mol. The van der Waals surface area contributed by atoms with Crippen LogP contribution in [0.5, 0.6) is 0 Å². The van der Waals surface area contributed by atoms with Crippen LogP contribution in [0.3, 0.4) is 0 Å². The fourth-order valence-electron chi connectivity index (χ4n) is 3.41. The number of nitrogens with zero attached hydrogens (tertiary/aromatic N) is 1. The second kappa shape index (κ2) is 5.87. The summed E-state index contributed by atoms with van der Waals surface area (Å²) in [5.41, 5.74) is 0. The Morgan fingerprint density at radius 2 is 1.81 bits per heavy atom. The second-order valence-corrected chi connectivity index (χ2v) is 5.97. The van der Waals surface area contributed by atoms with Gasteiger partial charge in [-0.3, -0.25) is 14.4 Å². The predicted octanol–water partition coefficient (Wildman–Crippen LogP) is 0.919. The summed E-state index contributed by atoms with van der Waals surface area (Å²) < 4.78 is 4.62. The van der Waals surface area contributed by atoms with Crippen LogP contribution in [0.1, 0.15) is 20.3 Å². The molecule has 6 heteroatoms. The zero-order valence-electron chi connectivity index (χ0n) is 12.5. The van der Waals surface area contributed by atoms with Crippen molar-refractivity contribution in [2.75, 3.05) is 13.7 Å². The standard InChI is InChI=1S/C15H21NO5/c1-8(2)16(7-11(17)21-3)14(18)12-9-4-5-10(6-9)13(12)15(19)20/h4-5,8-10,12-13H,6-7H2,1-3H3,(H,19,20). The van der Waals surface area contributed by atoms with Crippen molar-refractivity contribution in [2.24, 2.45) is 23.7 Å². The minimum atomic E-state index is -0.938. The van der Waals surface area contributed by atoms with E-state index >= 15 is 0 Å². The van der Waals surface area contributed by atoms with E-state index in [1.807, 2.05) is 12.2 Å². The molecule has 2 bridgehead atoms. The van der Waals surface area contributed by atoms with Crippen LogP contribution in [0.15, 0.2) is 12.2 Å². The van der Waals surface area contributed by atoms with Crippen LogP contribution >= 0.6 is 0 Å². The Morgan fingerprint density at radius 1 is 1.24 bits per heavy atom. The first-order valence-corrected chi connectivity index (χ1v) is 7.15. The van der Waals surface area contributed by atoms with Gasteiger partial charge in [0.15, 0.2) is 0 Å². The maximum absolute atomic E-state index is 12.8. The van der Waals surface area contributed by atoms with Crippen LogP contribution in [0.2, 0.25) is 0 Å². The quantitative estimate of drug-likeness (QED) is 0.602. The number of allylic oxidation sites excluding steroid dienone is 2. The van der Waals surface area contributed by atoms with E-state index in [2.05, 4.69) is 4.74 Å². The van der Waals surface area contributed by atoms with Crippen molar-refractivity contribution in [1.29, 1.82) is 0 Å². The highest BCUT2D eigenvalue weighted by atomic mass is 16.5. The molecule has 4 atom stereocenters. The topological polar surface area (TPSA) is 83.9 Å². The molecule has 0 heterocycles. The van der Waals surface area contributed by atoms with Gasteiger partial charge in [-0.25, -0.2) is 0 Å². The summed E-state index contributed by atoms with van der Waals surface area (Å²) in [4.78, 5) is 37.1. The number of methoxy groups -OCH3 is 1. The molecule has 116 valence electrons. The van der Waals surface area contributed by atoms with Gasteiger partial charge >= 0.3 is 11.9 Å². The van der Waals surface area contributed by atoms with Gasteiger partial charge in [-0.05, 0) is 32.1 Å². The fraction of sp³-hybridized carbons (Fsp3) is 0.667. The molecular formula is C15H21NO5. The summed E-state index contributed by atoms with van der Waals surface area (Å²) in [5.74, 6) is -3.08. The van der Waals surface area contributed by atoms with Crippen LogP contribution in [0.25, 0.3) is 0 Å². The summed E-state index contributed by atoms with van der Waals surface area (Å²) in [5, 5.41) is 9.41. The number of ether oxygens (including phenoxy) is 1. The van der Waals surface area contributed by atoms with Crippen molar-refractivity contribution in [1.82, 2.24) is 4.90 Å². The highest BCUT2D eigenvalue weighted by Gasteiger charge is 2.52. The minimum Gasteiger partial charge on any atom is -0.481 e. The molecule has 1 saturated carbocycles. The van der Waals surface area contributed by atoms with Gasteiger partial charge in [0.25, 0.3) is 0 Å². The smallest absolute Gasteiger partial charge is 0.325 e. The lowest BCUT2D eigenvalue weighted by molar-refractivity contribution is -0.155. The molecule has 2 aliphatic carbocycles. The van der Waals surface area contributed by atoms with Gasteiger partial charge in [-0.2, -0.15) is 0 Å². The van der Waals surface area contributed by atoms with E-state index in [9.17, 15) is 19.5 Å². The third kappa shape index (κ3) is 2.80. The van der Waals surface area contributed by atoms with E-state index in [1.165, 1.54) is 12.0 Å². The lowest BCUT2D eigenvalue weighted by atomic mass is 9.82. The molecule has 2 aliphatic rings. The molecule has 0 aromatic rings. The number of carboxylic acids is 1. The number of hydrogen-bond donors (Lipinski definition) is 1. The van der Waals surface area contributed by atoms with Crippen LogP contribution in [0, 0.1) is 23.7 Å². The molecule has 0 saturated heterocycles. The number of carbonyl (C=O) groups is 3. The van der Waals surface area contributed by atoms with Crippen LogP contribution < -0.4 is 0 Å². The van der Waals surface area contributed by atoms with E-state index < -0.39 is 23.8 Å². The number of hydrogen-bond acceptors (Lipinski definition) is 4. The molecule has 2 rings (SSSR count). The number of carboxylic acid groups (broad SMARTS) is 1. The molecule has 0 aliphatic heterocycles. The molecule has 0 radical (unpaired) electrons. The Balaban J connectivity index is 2.21. The number of fused-ring (bicyclic) bond motifs is 2. The Hall–Kier alpha value is -1.85. The average molecular weight is 295 g/mol. The van der Waals surface area contributed by atoms with Crippen molar-refractivity contribution >= 4 is 17.8 Å². The average Bonchev–Trinajstić information content (AvgIpc) is 3.03. The normalized spacial score (nSPS) is 29.7. The molecule has 0 aromatic heterocycles. The molecular weight excluding hydrogens is 274 g/mol. The van der Waals surface area contributed by atoms with Gasteiger partial charge in [-0.1, -0.05) is 12.2 Å². The number of esters is 1. The van der Waals surface area contributed by atoms with Crippen molar-refractivity contribution in [2.45, 2.75) is 26.3 Å². The Kier molecular flexibility index (Phi) is 4.34. The van der Waals surface area contributed by atoms with Crippen molar-refractivity contribution < 1.29 is 24.2 Å². The monoisotopic (exact) mass is 295 g/mol. The minimum absolute atomic E-state index is 0.0394. The molecule has 1 fully saturated rings. The number of carbonyl (C=O) groups excluding carboxylic acids is 2. The molecule has 1 N–H and O–H groups in total. The van der Waals surface area contributed by atoms with Crippen molar-refractivity contribution in [3.63, 3.8) is 0 Å². The SMILES string of the molecule is COC(=O)CN(C(=O)C1C2C=CC(C2)C1C(=O)O)C(C)C. The maximum Gasteiger partial charge on any atom is 0.325 e. The van der Waals surface area contributed by atoms with E-state index in [4.69, 9.17) is 0 Å². The largest absolute Gasteiger partial charge is 0.481 e. The van der Waals surface area contributed by atoms with E-state index in [-0.39, 0.29) is 30.3 Å². The number of aliphatic carboxylic acids is 1. The lowest BCUT2D eigenvalue weighted by Gasteiger charge is -2.32. The van der Waals surface area contributed by atoms with Crippen LogP contribution in [0.4, 0.5) is 0 Å². The maximum atomic E-state index is 12.8. The van der Waals surface area contributed by atoms with E-state index in [0.717, 1.165) is 0 Å². The van der Waals surface area contributed by atoms with E-state index in [1.54, 1.807) is 13.8 Å². The molecule has 0 spiro atoms. The third-order valence-electron chi connectivity index (χ3n) is 4.46. The zero-order valence-corrected chi connectivity index (χ0v) is 12.5. The molecule has 1 amide bonds. The van der Waals surface area contributed by atoms with Gasteiger partial charge in [0.05, 0.1) is 18.9 Å². The highest BCUT2D eigenvalue weighted by Crippen LogP contribution is 2.48. The number of amides is 1. The lowest BCUT2D eigenvalue weighted by Crippen LogP contribution is -2.48. The Labute approximate surface area is 123 Å². The second-order valence-electron chi connectivity index (χ2n) is 5.97. The zero-order chi connectivity index (χ0) is 15.7. The molecule has 0 aromatic carbocycles. The Morgan fingerprint density at radius 3 is 2.29 bits per heavy atom. The van der Waals surface area contributed by atoms with Gasteiger partial charge in [0.2, 0.25) is 5.91 Å². The summed E-state index contributed by atoms with van der Waals surface area (Å²) in [6, 6.07) is -0.186. The van der Waals surface area contributed by atoms with E-state index in [0.29, 0.717) is 6.42 Å². The first-order chi connectivity index (χ1) is 9.86. The Bertz CT molecular complexity index is 484. The van der Waals surface area contributed by atoms with Gasteiger partial charge < -0.3 is 14.7 Å². The third-order valence-corrected chi connectivity index (χ3v) is 4.46. The summed E-state index contributed by atoms with van der Waals surface area (Å²) in [6.07, 6.45) is 4.54. The first-order valence-electron chi connectivity index (χ1n) is 7.15. The molecule has 4 unspecified atom stereocenters. The van der Waals surface area contributed by atoms with Gasteiger partial charge in [0, 0.05) is 6.04 Å². The van der Waals surface area contributed by atoms with Crippen LogP contribution in [-0.2, 0) is 19.1 Å². The van der Waals surface area contributed by atoms with Crippen molar-refractivity contribution in [3.8, 4) is 0 Å². The molecule has 21 heavy (non-hydrogen) atoms. The first kappa shape index (κ1) is 15.5. The summed E-state index contributed by atoms with van der Waals surface area (Å²) >= 11 is 0. The fourth-order valence-corrected chi connectivity index (χ4v) is 3.41. The summed E-state index contributed by atoms with van der Waals surface area (Å²) in [7, 11) is 1.27. The molecule has 6 nitrogen and oxygen atoms in total. The number of rotatable bonds is 5. The van der Waals surface area contributed by atoms with Gasteiger partial charge in [0.1, 0.15) is 6.54 Å². The summed E-state index contributed by atoms with van der Waals surface area (Å²) in [6.45, 7) is 3.47. The van der Waals surface area contributed by atoms with Crippen LogP contribution in [-0.4, -0.2) is 47.5 Å². The van der Waals surface area contributed by atoms with Gasteiger partial charge in [-0.15, -0.1) is 0 Å². The van der Waals surface area contributed by atoms with Crippen molar-refractivity contribution in [3.05, 3.63) is 12.2 Å².